The van der Waals surface area contributed by atoms with Crippen LogP contribution >= 0.6 is 0 Å². The van der Waals surface area contributed by atoms with Crippen LogP contribution in [0, 0.1) is 0 Å². The van der Waals surface area contributed by atoms with Crippen LogP contribution in [-0.4, -0.2) is 40.4 Å². The largest absolute Gasteiger partial charge is 0.493 e. The Hall–Kier alpha value is -3.02. The maximum Gasteiger partial charge on any atom is 0.161 e. The minimum atomic E-state index is 0.786. The Balaban J connectivity index is 1.29. The number of nitrogens with one attached hydrogen (secondary N) is 2. The zero-order chi connectivity index (χ0) is 21.5. The topological polar surface area (TPSA) is 36.6 Å². The van der Waals surface area contributed by atoms with E-state index in [0.717, 1.165) is 36.1 Å². The Morgan fingerprint density at radius 3 is 1.87 bits per heavy atom. The molecule has 1 aliphatic heterocycles. The second-order valence-electron chi connectivity index (χ2n) is 8.11. The molecule has 0 radical (unpaired) electrons. The van der Waals surface area contributed by atoms with Crippen LogP contribution in [0.4, 0.5) is 0 Å². The number of hydrogen-bond acceptors (Lipinski definition) is 3. The zero-order valence-electron chi connectivity index (χ0n) is 18.4. The third kappa shape index (κ3) is 5.78. The highest BCUT2D eigenvalue weighted by atomic mass is 16.5. The summed E-state index contributed by atoms with van der Waals surface area (Å²) < 4.78 is 16.8. The van der Waals surface area contributed by atoms with Crippen LogP contribution in [0.3, 0.4) is 0 Å². The second kappa shape index (κ2) is 10.3. The lowest BCUT2D eigenvalue weighted by Gasteiger charge is -2.30. The summed E-state index contributed by atoms with van der Waals surface area (Å²) in [5.41, 5.74) is 2.62. The SMILES string of the molecule is COc1ccc(C[NH+]2CC[NH+](Cc3cccc(Oc4ccccc4)c3)CC2)cc1OC. The third-order valence-electron chi connectivity index (χ3n) is 5.90. The number of quaternary nitrogens is 2. The number of rotatable bonds is 8. The number of piperazine rings is 1. The average molecular weight is 421 g/mol. The number of para-hydroxylation sites is 1. The molecule has 0 atom stereocenters. The number of ether oxygens (including phenoxy) is 3. The maximum absolute atomic E-state index is 5.99. The summed E-state index contributed by atoms with van der Waals surface area (Å²) in [6.07, 6.45) is 0. The predicted molar refractivity (Wildman–Crippen MR) is 121 cm³/mol. The molecule has 0 aromatic heterocycles. The van der Waals surface area contributed by atoms with E-state index in [-0.39, 0.29) is 0 Å². The molecule has 4 rings (SSSR count). The van der Waals surface area contributed by atoms with E-state index in [1.165, 1.54) is 37.3 Å². The molecule has 0 bridgehead atoms. The van der Waals surface area contributed by atoms with Gasteiger partial charge in [-0.1, -0.05) is 30.3 Å². The fourth-order valence-electron chi connectivity index (χ4n) is 4.22. The van der Waals surface area contributed by atoms with Gasteiger partial charge in [0.05, 0.1) is 14.2 Å². The molecule has 1 heterocycles. The minimum absolute atomic E-state index is 0.786. The fourth-order valence-corrected chi connectivity index (χ4v) is 4.22. The van der Waals surface area contributed by atoms with Gasteiger partial charge in [-0.05, 0) is 42.5 Å². The molecule has 1 aliphatic rings. The molecule has 31 heavy (non-hydrogen) atoms. The summed E-state index contributed by atoms with van der Waals surface area (Å²) in [5, 5.41) is 0. The Bertz CT molecular complexity index is 969. The molecule has 0 spiro atoms. The van der Waals surface area contributed by atoms with Crippen molar-refractivity contribution in [1.82, 2.24) is 0 Å². The molecule has 5 nitrogen and oxygen atoms in total. The molecule has 0 saturated carbocycles. The van der Waals surface area contributed by atoms with Crippen molar-refractivity contribution in [2.75, 3.05) is 40.4 Å². The van der Waals surface area contributed by atoms with E-state index in [4.69, 9.17) is 14.2 Å². The van der Waals surface area contributed by atoms with Gasteiger partial charge in [-0.2, -0.15) is 0 Å². The molecule has 162 valence electrons. The van der Waals surface area contributed by atoms with Gasteiger partial charge in [-0.25, -0.2) is 0 Å². The minimum Gasteiger partial charge on any atom is -0.493 e. The van der Waals surface area contributed by atoms with Gasteiger partial charge in [-0.3, -0.25) is 0 Å². The highest BCUT2D eigenvalue weighted by Gasteiger charge is 2.23. The Labute approximate surface area is 184 Å². The molecule has 1 fully saturated rings. The number of hydrogen-bond donors (Lipinski definition) is 2. The summed E-state index contributed by atoms with van der Waals surface area (Å²) in [4.78, 5) is 3.25. The monoisotopic (exact) mass is 420 g/mol. The summed E-state index contributed by atoms with van der Waals surface area (Å²) in [7, 11) is 3.37. The molecule has 3 aromatic rings. The first-order chi connectivity index (χ1) is 15.2. The first-order valence-electron chi connectivity index (χ1n) is 10.9. The van der Waals surface area contributed by atoms with E-state index in [0.29, 0.717) is 0 Å². The number of methoxy groups -OCH3 is 2. The first kappa shape index (κ1) is 21.2. The van der Waals surface area contributed by atoms with E-state index in [1.54, 1.807) is 24.0 Å². The van der Waals surface area contributed by atoms with Crippen molar-refractivity contribution in [3.63, 3.8) is 0 Å². The molecule has 1 saturated heterocycles. The highest BCUT2D eigenvalue weighted by molar-refractivity contribution is 5.42. The van der Waals surface area contributed by atoms with Crippen LogP contribution in [-0.2, 0) is 13.1 Å². The van der Waals surface area contributed by atoms with Crippen molar-refractivity contribution in [3.05, 3.63) is 83.9 Å². The molecule has 2 N–H and O–H groups in total. The quantitative estimate of drug-likeness (QED) is 0.585. The molecule has 3 aromatic carbocycles. The van der Waals surface area contributed by atoms with Crippen LogP contribution in [0.1, 0.15) is 11.1 Å². The highest BCUT2D eigenvalue weighted by Crippen LogP contribution is 2.27. The Morgan fingerprint density at radius 2 is 1.23 bits per heavy atom. The fraction of sp³-hybridized carbons (Fsp3) is 0.308. The molecule has 0 unspecified atom stereocenters. The van der Waals surface area contributed by atoms with Crippen molar-refractivity contribution in [2.24, 2.45) is 0 Å². The van der Waals surface area contributed by atoms with Crippen LogP contribution in [0.25, 0.3) is 0 Å². The normalized spacial score (nSPS) is 18.4. The molecule has 0 amide bonds. The van der Waals surface area contributed by atoms with Crippen LogP contribution in [0.5, 0.6) is 23.0 Å². The lowest BCUT2D eigenvalue weighted by Crippen LogP contribution is -3.27. The summed E-state index contributed by atoms with van der Waals surface area (Å²) in [6.45, 7) is 6.75. The van der Waals surface area contributed by atoms with Crippen LogP contribution < -0.4 is 24.0 Å². The first-order valence-corrected chi connectivity index (χ1v) is 10.9. The summed E-state index contributed by atoms with van der Waals surface area (Å²) in [6, 6.07) is 24.7. The Morgan fingerprint density at radius 1 is 0.613 bits per heavy atom. The van der Waals surface area contributed by atoms with Crippen molar-refractivity contribution in [2.45, 2.75) is 13.1 Å². The summed E-state index contributed by atoms with van der Waals surface area (Å²) >= 11 is 0. The van der Waals surface area contributed by atoms with Gasteiger partial charge in [0.2, 0.25) is 0 Å². The Kier molecular flexibility index (Phi) is 7.07. The van der Waals surface area contributed by atoms with E-state index in [9.17, 15) is 0 Å². The molecule has 5 heteroatoms. The zero-order valence-corrected chi connectivity index (χ0v) is 18.4. The van der Waals surface area contributed by atoms with Gasteiger partial charge in [0, 0.05) is 11.1 Å². The van der Waals surface area contributed by atoms with Crippen molar-refractivity contribution >= 4 is 0 Å². The van der Waals surface area contributed by atoms with E-state index in [2.05, 4.69) is 30.3 Å². The smallest absolute Gasteiger partial charge is 0.161 e. The van der Waals surface area contributed by atoms with E-state index in [1.807, 2.05) is 42.5 Å². The van der Waals surface area contributed by atoms with E-state index >= 15 is 0 Å². The summed E-state index contributed by atoms with van der Waals surface area (Å²) in [5.74, 6) is 3.37. The molecular weight excluding hydrogens is 388 g/mol. The standard InChI is InChI=1S/C26H30N2O3/c1-29-25-12-11-22(18-26(25)30-2)20-28-15-13-27(14-16-28)19-21-7-6-10-24(17-21)31-23-8-4-3-5-9-23/h3-12,17-18H,13-16,19-20H2,1-2H3/p+2. The van der Waals surface area contributed by atoms with Gasteiger partial charge in [-0.15, -0.1) is 0 Å². The third-order valence-corrected chi connectivity index (χ3v) is 5.90. The van der Waals surface area contributed by atoms with Gasteiger partial charge in [0.25, 0.3) is 0 Å². The molecule has 0 aliphatic carbocycles. The average Bonchev–Trinajstić information content (AvgIpc) is 2.81. The lowest BCUT2D eigenvalue weighted by molar-refractivity contribution is -1.02. The lowest BCUT2D eigenvalue weighted by atomic mass is 10.1. The van der Waals surface area contributed by atoms with Crippen molar-refractivity contribution in [1.29, 1.82) is 0 Å². The van der Waals surface area contributed by atoms with Crippen LogP contribution in [0.2, 0.25) is 0 Å². The van der Waals surface area contributed by atoms with Crippen LogP contribution in [0.15, 0.2) is 72.8 Å². The molecular formula is C26H32N2O3+2. The van der Waals surface area contributed by atoms with Crippen molar-refractivity contribution < 1.29 is 24.0 Å². The van der Waals surface area contributed by atoms with Gasteiger partial charge in [0.1, 0.15) is 50.8 Å². The van der Waals surface area contributed by atoms with E-state index < -0.39 is 0 Å². The van der Waals surface area contributed by atoms with Crippen molar-refractivity contribution in [3.8, 4) is 23.0 Å². The van der Waals surface area contributed by atoms with Gasteiger partial charge in [0.15, 0.2) is 11.5 Å². The maximum atomic E-state index is 5.99. The second-order valence-corrected chi connectivity index (χ2v) is 8.11. The predicted octanol–water partition coefficient (Wildman–Crippen LogP) is 1.98. The number of benzene rings is 3. The van der Waals surface area contributed by atoms with Gasteiger partial charge < -0.3 is 24.0 Å². The van der Waals surface area contributed by atoms with Gasteiger partial charge >= 0.3 is 0 Å².